The summed E-state index contributed by atoms with van der Waals surface area (Å²) in [7, 11) is 0. The number of halogens is 1. The molecule has 21 heavy (non-hydrogen) atoms. The van der Waals surface area contributed by atoms with E-state index in [1.165, 1.54) is 6.07 Å². The molecule has 5 heteroatoms. The van der Waals surface area contributed by atoms with Gasteiger partial charge in [0.05, 0.1) is 11.3 Å². The number of primary amides is 1. The molecule has 0 unspecified atom stereocenters. The molecule has 0 saturated heterocycles. The Balaban J connectivity index is 2.38. The molecule has 2 aromatic carbocycles. The normalized spacial score (nSPS) is 10.7. The summed E-state index contributed by atoms with van der Waals surface area (Å²) in [5, 5.41) is 10.8. The van der Waals surface area contributed by atoms with E-state index in [1.54, 1.807) is 12.1 Å². The van der Waals surface area contributed by atoms with Crippen molar-refractivity contribution < 1.29 is 9.90 Å². The van der Waals surface area contributed by atoms with Gasteiger partial charge in [0.15, 0.2) is 0 Å². The van der Waals surface area contributed by atoms with Gasteiger partial charge >= 0.3 is 0 Å². The van der Waals surface area contributed by atoms with E-state index in [2.05, 4.69) is 4.98 Å². The third-order valence-corrected chi connectivity index (χ3v) is 3.41. The Labute approximate surface area is 125 Å². The first-order valence-electron chi connectivity index (χ1n) is 6.25. The maximum Gasteiger partial charge on any atom is 0.249 e. The van der Waals surface area contributed by atoms with Crippen molar-refractivity contribution in [3.8, 4) is 17.0 Å². The number of phenolic OH excluding ortho intramolecular Hbond substituents is 1. The second kappa shape index (κ2) is 5.07. The fourth-order valence-corrected chi connectivity index (χ4v) is 2.45. The molecule has 0 aliphatic carbocycles. The summed E-state index contributed by atoms with van der Waals surface area (Å²) in [6.45, 7) is 0. The Morgan fingerprint density at radius 3 is 2.52 bits per heavy atom. The Hall–Kier alpha value is -2.59. The minimum atomic E-state index is -0.596. The molecule has 104 valence electrons. The predicted molar refractivity (Wildman–Crippen MR) is 82.4 cm³/mol. The molecule has 3 aromatic rings. The summed E-state index contributed by atoms with van der Waals surface area (Å²) in [5.74, 6) is -0.681. The van der Waals surface area contributed by atoms with Crippen LogP contribution >= 0.6 is 11.6 Å². The van der Waals surface area contributed by atoms with Gasteiger partial charge in [-0.3, -0.25) is 4.79 Å². The molecule has 3 N–H and O–H groups in total. The summed E-state index contributed by atoms with van der Waals surface area (Å²) < 4.78 is 0. The van der Waals surface area contributed by atoms with Crippen molar-refractivity contribution in [3.05, 3.63) is 59.1 Å². The highest BCUT2D eigenvalue weighted by molar-refractivity contribution is 6.32. The predicted octanol–water partition coefficient (Wildman–Crippen LogP) is 3.36. The fourth-order valence-electron chi connectivity index (χ4n) is 2.24. The number of nitrogens with zero attached hydrogens (tertiary/aromatic N) is 1. The van der Waals surface area contributed by atoms with Crippen LogP contribution in [0.25, 0.3) is 22.2 Å². The molecular weight excluding hydrogens is 288 g/mol. The van der Waals surface area contributed by atoms with Crippen LogP contribution in [0.15, 0.2) is 48.5 Å². The number of nitrogens with two attached hydrogens (primary N) is 1. The average molecular weight is 299 g/mol. The van der Waals surface area contributed by atoms with Gasteiger partial charge in [0, 0.05) is 22.0 Å². The van der Waals surface area contributed by atoms with Gasteiger partial charge in [0.25, 0.3) is 0 Å². The van der Waals surface area contributed by atoms with E-state index < -0.39 is 5.91 Å². The van der Waals surface area contributed by atoms with Crippen LogP contribution in [0.2, 0.25) is 5.02 Å². The van der Waals surface area contributed by atoms with Crippen molar-refractivity contribution in [1.29, 1.82) is 0 Å². The quantitative estimate of drug-likeness (QED) is 0.761. The van der Waals surface area contributed by atoms with Gasteiger partial charge in [-0.05, 0) is 12.1 Å². The molecule has 1 heterocycles. The first-order valence-corrected chi connectivity index (χ1v) is 6.62. The van der Waals surface area contributed by atoms with Gasteiger partial charge in [-0.25, -0.2) is 4.98 Å². The van der Waals surface area contributed by atoms with Gasteiger partial charge in [0.2, 0.25) is 5.91 Å². The van der Waals surface area contributed by atoms with Crippen molar-refractivity contribution in [2.45, 2.75) is 0 Å². The molecule has 0 fully saturated rings. The Morgan fingerprint density at radius 2 is 1.86 bits per heavy atom. The number of pyridine rings is 1. The monoisotopic (exact) mass is 298 g/mol. The van der Waals surface area contributed by atoms with E-state index in [9.17, 15) is 9.90 Å². The SMILES string of the molecule is NC(=O)c1cc(-c2ccccc2)nc2c(O)cc(Cl)cc12. The van der Waals surface area contributed by atoms with Gasteiger partial charge in [-0.15, -0.1) is 0 Å². The Kier molecular flexibility index (Phi) is 3.23. The smallest absolute Gasteiger partial charge is 0.249 e. The van der Waals surface area contributed by atoms with E-state index >= 15 is 0 Å². The summed E-state index contributed by atoms with van der Waals surface area (Å²) >= 11 is 5.92. The zero-order valence-electron chi connectivity index (χ0n) is 10.9. The second-order valence-corrected chi connectivity index (χ2v) is 5.04. The lowest BCUT2D eigenvalue weighted by atomic mass is 10.0. The van der Waals surface area contributed by atoms with Gasteiger partial charge in [0.1, 0.15) is 11.3 Å². The van der Waals surface area contributed by atoms with E-state index in [0.717, 1.165) is 5.56 Å². The first kappa shape index (κ1) is 13.4. The van der Waals surface area contributed by atoms with Crippen LogP contribution in [-0.4, -0.2) is 16.0 Å². The van der Waals surface area contributed by atoms with Crippen molar-refractivity contribution in [3.63, 3.8) is 0 Å². The van der Waals surface area contributed by atoms with Crippen molar-refractivity contribution in [2.24, 2.45) is 5.73 Å². The van der Waals surface area contributed by atoms with Crippen molar-refractivity contribution in [2.75, 3.05) is 0 Å². The molecule has 1 aromatic heterocycles. The molecule has 0 saturated carbocycles. The van der Waals surface area contributed by atoms with Gasteiger partial charge < -0.3 is 10.8 Å². The summed E-state index contributed by atoms with van der Waals surface area (Å²) in [5.41, 5.74) is 7.40. The third kappa shape index (κ3) is 2.41. The van der Waals surface area contributed by atoms with Crippen molar-refractivity contribution >= 4 is 28.4 Å². The fraction of sp³-hybridized carbons (Fsp3) is 0. The molecule has 0 aliphatic rings. The number of aromatic nitrogens is 1. The maximum absolute atomic E-state index is 11.7. The number of fused-ring (bicyclic) bond motifs is 1. The highest BCUT2D eigenvalue weighted by Crippen LogP contribution is 2.32. The van der Waals surface area contributed by atoms with Crippen LogP contribution in [0.1, 0.15) is 10.4 Å². The molecule has 4 nitrogen and oxygen atoms in total. The van der Waals surface area contributed by atoms with Crippen LogP contribution in [0, 0.1) is 0 Å². The standard InChI is InChI=1S/C16H11ClN2O2/c17-10-6-11-12(16(18)21)8-13(9-4-2-1-3-5-9)19-15(11)14(20)7-10/h1-8,20H,(H2,18,21). The van der Waals surface area contributed by atoms with Crippen LogP contribution in [0.5, 0.6) is 5.75 Å². The van der Waals surface area contributed by atoms with E-state index in [1.807, 2.05) is 30.3 Å². The van der Waals surface area contributed by atoms with Gasteiger partial charge in [-0.2, -0.15) is 0 Å². The molecular formula is C16H11ClN2O2. The molecule has 0 spiro atoms. The van der Waals surface area contributed by atoms with Crippen LogP contribution in [0.4, 0.5) is 0 Å². The molecule has 3 rings (SSSR count). The van der Waals surface area contributed by atoms with Crippen LogP contribution < -0.4 is 5.73 Å². The van der Waals surface area contributed by atoms with Crippen molar-refractivity contribution in [1.82, 2.24) is 4.98 Å². The average Bonchev–Trinajstić information content (AvgIpc) is 2.47. The maximum atomic E-state index is 11.7. The topological polar surface area (TPSA) is 76.2 Å². The summed E-state index contributed by atoms with van der Waals surface area (Å²) in [4.78, 5) is 16.1. The number of aromatic hydroxyl groups is 1. The molecule has 0 bridgehead atoms. The number of carbonyl (C=O) groups is 1. The Morgan fingerprint density at radius 1 is 1.14 bits per heavy atom. The molecule has 0 radical (unpaired) electrons. The molecule has 1 amide bonds. The summed E-state index contributed by atoms with van der Waals surface area (Å²) in [6, 6.07) is 13.9. The number of phenols is 1. The largest absolute Gasteiger partial charge is 0.506 e. The lowest BCUT2D eigenvalue weighted by Gasteiger charge is -2.09. The highest BCUT2D eigenvalue weighted by atomic mass is 35.5. The second-order valence-electron chi connectivity index (χ2n) is 4.61. The van der Waals surface area contributed by atoms with Crippen LogP contribution in [0.3, 0.4) is 0 Å². The molecule has 0 atom stereocenters. The summed E-state index contributed by atoms with van der Waals surface area (Å²) in [6.07, 6.45) is 0. The molecule has 0 aliphatic heterocycles. The van der Waals surface area contributed by atoms with Crippen LogP contribution in [-0.2, 0) is 0 Å². The number of hydrogen-bond donors (Lipinski definition) is 2. The Bertz CT molecular complexity index is 848. The zero-order valence-corrected chi connectivity index (χ0v) is 11.6. The third-order valence-electron chi connectivity index (χ3n) is 3.19. The van der Waals surface area contributed by atoms with E-state index in [4.69, 9.17) is 17.3 Å². The lowest BCUT2D eigenvalue weighted by molar-refractivity contribution is 0.100. The number of benzene rings is 2. The van der Waals surface area contributed by atoms with E-state index in [-0.39, 0.29) is 11.3 Å². The zero-order chi connectivity index (χ0) is 15.0. The highest BCUT2D eigenvalue weighted by Gasteiger charge is 2.14. The number of carbonyl (C=O) groups excluding carboxylic acids is 1. The number of amides is 1. The minimum absolute atomic E-state index is 0.0854. The van der Waals surface area contributed by atoms with E-state index in [0.29, 0.717) is 21.6 Å². The number of rotatable bonds is 2. The minimum Gasteiger partial charge on any atom is -0.506 e. The first-order chi connectivity index (χ1) is 10.1. The lowest BCUT2D eigenvalue weighted by Crippen LogP contribution is -2.12. The number of hydrogen-bond acceptors (Lipinski definition) is 3. The van der Waals surface area contributed by atoms with Gasteiger partial charge in [-0.1, -0.05) is 41.9 Å².